The maximum Gasteiger partial charge on any atom is 0.460 e. The van der Waals surface area contributed by atoms with E-state index in [9.17, 15) is 71.5 Å². The Kier molecular flexibility index (Phi) is 18.2. The number of benzene rings is 2. The van der Waals surface area contributed by atoms with E-state index >= 15 is 0 Å². The van der Waals surface area contributed by atoms with E-state index in [1.807, 2.05) is 0 Å². The smallest absolute Gasteiger partial charge is 0.460 e. The number of hydrogen-bond donors (Lipinski definition) is 0. The van der Waals surface area contributed by atoms with Gasteiger partial charge in [-0.1, -0.05) is 14.4 Å². The van der Waals surface area contributed by atoms with E-state index in [1.165, 1.54) is 21.0 Å². The topological polar surface area (TPSA) is 97.4 Å². The summed E-state index contributed by atoms with van der Waals surface area (Å²) in [5.74, 6) is -39.1. The molecule has 0 aliphatic heterocycles. The van der Waals surface area contributed by atoms with E-state index in [-0.39, 0.29) is 20.5 Å². The predicted molar refractivity (Wildman–Crippen MR) is 189 cm³/mol. The van der Waals surface area contributed by atoms with Crippen molar-refractivity contribution in [2.45, 2.75) is 116 Å². The molecule has 342 valence electrons. The van der Waals surface area contributed by atoms with Gasteiger partial charge in [-0.25, -0.2) is 4.79 Å². The van der Waals surface area contributed by atoms with Crippen LogP contribution in [0.5, 0.6) is 17.2 Å². The zero-order valence-corrected chi connectivity index (χ0v) is 32.4. The number of rotatable bonds is 23. The van der Waals surface area contributed by atoms with Crippen molar-refractivity contribution >= 4 is 17.9 Å². The first kappa shape index (κ1) is 53.6. The zero-order chi connectivity index (χ0) is 45.3. The molecule has 1 unspecified atom stereocenters. The van der Waals surface area contributed by atoms with Gasteiger partial charge in [0.15, 0.2) is 0 Å². The molecule has 0 aromatic heterocycles. The number of halogens is 13. The predicted octanol–water partition coefficient (Wildman–Crippen LogP) is 11.5. The zero-order valence-electron chi connectivity index (χ0n) is 32.4. The summed E-state index contributed by atoms with van der Waals surface area (Å²) in [6.45, 7) is 3.57. The molecule has 0 bridgehead atoms. The molecule has 0 heterocycles. The number of hydrogen-bond acceptors (Lipinski definition) is 8. The van der Waals surface area contributed by atoms with Crippen LogP contribution in [0.4, 0.5) is 57.1 Å². The Hall–Kier alpha value is -4.46. The van der Waals surface area contributed by atoms with Crippen LogP contribution in [0, 0.1) is 10.8 Å². The molecule has 0 saturated carbocycles. The largest absolute Gasteiger partial charge is 0.497 e. The van der Waals surface area contributed by atoms with Gasteiger partial charge in [0.2, 0.25) is 0 Å². The third-order valence-electron chi connectivity index (χ3n) is 9.21. The molecular formula is C39H47F13O8. The molecule has 2 rings (SSSR count). The lowest BCUT2D eigenvalue weighted by Crippen LogP contribution is -2.70. The van der Waals surface area contributed by atoms with Crippen molar-refractivity contribution in [1.82, 2.24) is 0 Å². The van der Waals surface area contributed by atoms with Crippen LogP contribution in [-0.4, -0.2) is 80.6 Å². The van der Waals surface area contributed by atoms with Crippen LogP contribution in [-0.2, 0) is 19.1 Å². The Bertz CT molecular complexity index is 1700. The van der Waals surface area contributed by atoms with Crippen LogP contribution in [0.2, 0.25) is 0 Å². The number of esters is 3. The fourth-order valence-electron chi connectivity index (χ4n) is 5.40. The van der Waals surface area contributed by atoms with Crippen molar-refractivity contribution in [1.29, 1.82) is 0 Å². The fourth-order valence-corrected chi connectivity index (χ4v) is 5.40. The van der Waals surface area contributed by atoms with Crippen molar-refractivity contribution in [3.8, 4) is 17.2 Å². The summed E-state index contributed by atoms with van der Waals surface area (Å²) in [6, 6.07) is 12.8. The van der Waals surface area contributed by atoms with E-state index < -0.39 is 84.0 Å². The quantitative estimate of drug-likeness (QED) is 0.0471. The van der Waals surface area contributed by atoms with Gasteiger partial charge < -0.3 is 23.7 Å². The second-order valence-corrected chi connectivity index (χ2v) is 14.3. The molecule has 2 aromatic rings. The van der Waals surface area contributed by atoms with Gasteiger partial charge in [-0.05, 0) is 108 Å². The highest BCUT2D eigenvalue weighted by Crippen LogP contribution is 2.60. The molecule has 0 saturated heterocycles. The molecule has 1 atom stereocenters. The highest BCUT2D eigenvalue weighted by molar-refractivity contribution is 5.91. The normalized spacial score (nSPS) is 14.0. The van der Waals surface area contributed by atoms with E-state index in [0.29, 0.717) is 55.1 Å². The second kappa shape index (κ2) is 20.4. The Morgan fingerprint density at radius 1 is 0.567 bits per heavy atom. The molecule has 0 amide bonds. The molecule has 0 spiro atoms. The average Bonchev–Trinajstić information content (AvgIpc) is 3.15. The number of methoxy groups -OCH3 is 1. The SMILES string of the molecule is C.CCC(C)(CC(C)(C)C(=O)OCCC(F)(F)C(F)(F)C(F)(F)C(F)(F)C(F)(F)C(F)(F)F)C(=O)OCCCCCCOc1ccc(C(=O)Oc2ccc(OC)cc2)cc1. The molecule has 60 heavy (non-hydrogen) atoms. The molecule has 0 aliphatic carbocycles. The number of carbonyl (C=O) groups excluding carboxylic acids is 3. The van der Waals surface area contributed by atoms with Gasteiger partial charge in [0.1, 0.15) is 17.2 Å². The van der Waals surface area contributed by atoms with Crippen LogP contribution >= 0.6 is 0 Å². The monoisotopic (exact) mass is 890 g/mol. The maximum atomic E-state index is 14.1. The highest BCUT2D eigenvalue weighted by Gasteiger charge is 2.90. The van der Waals surface area contributed by atoms with E-state index in [0.717, 1.165) is 13.8 Å². The first-order valence-corrected chi connectivity index (χ1v) is 17.8. The van der Waals surface area contributed by atoms with Crippen molar-refractivity contribution in [2.75, 3.05) is 26.9 Å². The Balaban J connectivity index is 0.0000180. The van der Waals surface area contributed by atoms with Gasteiger partial charge in [0.05, 0.1) is 49.7 Å². The Labute approximate surface area is 338 Å². The van der Waals surface area contributed by atoms with Crippen molar-refractivity contribution in [2.24, 2.45) is 10.8 Å². The minimum absolute atomic E-state index is 0. The van der Waals surface area contributed by atoms with Crippen LogP contribution < -0.4 is 14.2 Å². The highest BCUT2D eigenvalue weighted by atomic mass is 19.4. The summed E-state index contributed by atoms with van der Waals surface area (Å²) in [4.78, 5) is 38.0. The lowest BCUT2D eigenvalue weighted by atomic mass is 9.72. The first-order chi connectivity index (χ1) is 26.9. The molecular weight excluding hydrogens is 843 g/mol. The van der Waals surface area contributed by atoms with Crippen LogP contribution in [0.1, 0.15) is 90.4 Å². The summed E-state index contributed by atoms with van der Waals surface area (Å²) in [5, 5.41) is 0. The van der Waals surface area contributed by atoms with Gasteiger partial charge in [0, 0.05) is 0 Å². The summed E-state index contributed by atoms with van der Waals surface area (Å²) in [7, 11) is 1.51. The van der Waals surface area contributed by atoms with Crippen LogP contribution in [0.25, 0.3) is 0 Å². The van der Waals surface area contributed by atoms with Gasteiger partial charge in [0.25, 0.3) is 0 Å². The van der Waals surface area contributed by atoms with Gasteiger partial charge in [-0.2, -0.15) is 57.1 Å². The molecule has 21 heteroatoms. The molecule has 0 aliphatic rings. The van der Waals surface area contributed by atoms with E-state index in [2.05, 4.69) is 4.74 Å². The standard InChI is InChI=1S/C38H43F13O8.CH4/c1-6-32(4,23-31(2,3)29(53)58-22-19-33(39,40)34(41,42)35(43,44)36(45,46)37(47,48)38(49,50)51)30(54)57-21-10-8-7-9-20-56-26-13-11-24(12-14-26)28(52)59-27-17-15-25(55-5)16-18-27;/h11-18H,6-10,19-23H2,1-5H3;1H4. The number of carbonyl (C=O) groups is 3. The lowest BCUT2D eigenvalue weighted by Gasteiger charge is -2.39. The molecule has 0 radical (unpaired) electrons. The lowest BCUT2D eigenvalue weighted by molar-refractivity contribution is -0.440. The average molecular weight is 891 g/mol. The summed E-state index contributed by atoms with van der Waals surface area (Å²) in [6.07, 6.45) is -8.28. The maximum absolute atomic E-state index is 14.1. The molecule has 2 aromatic carbocycles. The number of unbranched alkanes of at least 4 members (excludes halogenated alkanes) is 3. The van der Waals surface area contributed by atoms with E-state index in [1.54, 1.807) is 48.5 Å². The summed E-state index contributed by atoms with van der Waals surface area (Å²) in [5.41, 5.74) is -2.91. The van der Waals surface area contributed by atoms with Crippen molar-refractivity contribution in [3.05, 3.63) is 54.1 Å². The van der Waals surface area contributed by atoms with E-state index in [4.69, 9.17) is 18.9 Å². The van der Waals surface area contributed by atoms with Gasteiger partial charge in [-0.3, -0.25) is 9.59 Å². The van der Waals surface area contributed by atoms with Gasteiger partial charge >= 0.3 is 53.7 Å². The Morgan fingerprint density at radius 3 is 1.53 bits per heavy atom. The molecule has 0 fully saturated rings. The number of ether oxygens (including phenoxy) is 5. The van der Waals surface area contributed by atoms with Crippen LogP contribution in [0.15, 0.2) is 48.5 Å². The minimum Gasteiger partial charge on any atom is -0.497 e. The first-order valence-electron chi connectivity index (χ1n) is 17.8. The van der Waals surface area contributed by atoms with Crippen molar-refractivity contribution in [3.63, 3.8) is 0 Å². The summed E-state index contributed by atoms with van der Waals surface area (Å²) < 4.78 is 200. The third kappa shape index (κ3) is 12.3. The molecule has 0 N–H and O–H groups in total. The minimum atomic E-state index is -8.03. The van der Waals surface area contributed by atoms with Crippen molar-refractivity contribution < 1.29 is 95.1 Å². The fraction of sp³-hybridized carbons (Fsp3) is 0.615. The second-order valence-electron chi connectivity index (χ2n) is 14.3. The third-order valence-corrected chi connectivity index (χ3v) is 9.21. The number of alkyl halides is 13. The Morgan fingerprint density at radius 2 is 1.03 bits per heavy atom. The molecule has 8 nitrogen and oxygen atoms in total. The summed E-state index contributed by atoms with van der Waals surface area (Å²) >= 11 is 0. The van der Waals surface area contributed by atoms with Gasteiger partial charge in [-0.15, -0.1) is 0 Å². The van der Waals surface area contributed by atoms with Crippen LogP contribution in [0.3, 0.4) is 0 Å².